The molecule has 1 amide bonds. The van der Waals surface area contributed by atoms with Crippen LogP contribution in [0.2, 0.25) is 0 Å². The Morgan fingerprint density at radius 2 is 2.20 bits per heavy atom. The third-order valence-electron chi connectivity index (χ3n) is 2.52. The number of fused-ring (bicyclic) bond motifs is 1. The molecule has 1 heterocycles. The lowest BCUT2D eigenvalue weighted by Crippen LogP contribution is -2.26. The molecule has 1 aromatic rings. The number of carbonyl (C=O) groups is 1. The second-order valence-electron chi connectivity index (χ2n) is 3.29. The Morgan fingerprint density at radius 3 is 2.80 bits per heavy atom. The molecule has 1 aliphatic heterocycles. The van der Waals surface area contributed by atoms with Crippen LogP contribution in [0.25, 0.3) is 0 Å². The molecule has 0 aliphatic carbocycles. The summed E-state index contributed by atoms with van der Waals surface area (Å²) in [7, 11) is 0. The van der Waals surface area contributed by atoms with Gasteiger partial charge in [-0.2, -0.15) is 0 Å². The van der Waals surface area contributed by atoms with E-state index in [0.717, 1.165) is 11.1 Å². The number of amides is 1. The normalized spacial score (nSPS) is 17.9. The van der Waals surface area contributed by atoms with Crippen molar-refractivity contribution in [2.45, 2.75) is 12.6 Å². The van der Waals surface area contributed by atoms with Crippen LogP contribution in [0.15, 0.2) is 36.9 Å². The van der Waals surface area contributed by atoms with Gasteiger partial charge in [0.1, 0.15) is 0 Å². The number of benzene rings is 1. The molecule has 0 saturated carbocycles. The first kappa shape index (κ1) is 11.6. The minimum absolute atomic E-state index is 0. The number of carboxylic acid groups (broad SMARTS) is 1. The largest absolute Gasteiger partial charge is 0.465 e. The van der Waals surface area contributed by atoms with Gasteiger partial charge in [-0.1, -0.05) is 30.3 Å². The molecule has 3 nitrogen and oxygen atoms in total. The highest BCUT2D eigenvalue weighted by atomic mass is 35.5. The minimum Gasteiger partial charge on any atom is -0.465 e. The van der Waals surface area contributed by atoms with Gasteiger partial charge >= 0.3 is 6.09 Å². The lowest BCUT2D eigenvalue weighted by Gasteiger charge is -2.18. The van der Waals surface area contributed by atoms with E-state index in [1.807, 2.05) is 24.3 Å². The Hall–Kier alpha value is -1.48. The average molecular weight is 226 g/mol. The third-order valence-corrected chi connectivity index (χ3v) is 2.52. The number of hydrogen-bond donors (Lipinski definition) is 1. The first-order chi connectivity index (χ1) is 6.74. The van der Waals surface area contributed by atoms with Crippen molar-refractivity contribution in [3.8, 4) is 0 Å². The smallest absolute Gasteiger partial charge is 0.408 e. The summed E-state index contributed by atoms with van der Waals surface area (Å²) in [6, 6.07) is 7.55. The maximum atomic E-state index is 10.9. The van der Waals surface area contributed by atoms with E-state index in [1.165, 1.54) is 4.90 Å². The van der Waals surface area contributed by atoms with Gasteiger partial charge in [-0.05, 0) is 11.1 Å². The van der Waals surface area contributed by atoms with E-state index in [-0.39, 0.29) is 18.4 Å². The SMILES string of the molecule is C=CC1c2ccccc2CN1C(=O)O.Cl. The maximum Gasteiger partial charge on any atom is 0.408 e. The van der Waals surface area contributed by atoms with Crippen molar-refractivity contribution in [3.63, 3.8) is 0 Å². The van der Waals surface area contributed by atoms with Gasteiger partial charge in [0.15, 0.2) is 0 Å². The summed E-state index contributed by atoms with van der Waals surface area (Å²) in [4.78, 5) is 12.3. The van der Waals surface area contributed by atoms with Crippen LogP contribution in [0.5, 0.6) is 0 Å². The van der Waals surface area contributed by atoms with E-state index >= 15 is 0 Å². The monoisotopic (exact) mass is 225 g/mol. The highest BCUT2D eigenvalue weighted by Crippen LogP contribution is 2.33. The van der Waals surface area contributed by atoms with Gasteiger partial charge in [-0.25, -0.2) is 4.79 Å². The summed E-state index contributed by atoms with van der Waals surface area (Å²) in [6.45, 7) is 4.13. The standard InChI is InChI=1S/C11H11NO2.ClH/c1-2-10-9-6-4-3-5-8(9)7-12(10)11(13)14;/h2-6,10H,1,7H2,(H,13,14);1H. The zero-order chi connectivity index (χ0) is 10.1. The summed E-state index contributed by atoms with van der Waals surface area (Å²) in [5, 5.41) is 8.97. The van der Waals surface area contributed by atoms with Crippen molar-refractivity contribution in [1.29, 1.82) is 0 Å². The molecule has 80 valence electrons. The van der Waals surface area contributed by atoms with Crippen LogP contribution in [-0.4, -0.2) is 16.1 Å². The second kappa shape index (κ2) is 4.36. The van der Waals surface area contributed by atoms with Crippen LogP contribution in [0.1, 0.15) is 17.2 Å². The molecule has 0 spiro atoms. The molecule has 1 aromatic carbocycles. The fourth-order valence-electron chi connectivity index (χ4n) is 1.86. The molecule has 0 bridgehead atoms. The molecule has 0 fully saturated rings. The molecule has 0 saturated heterocycles. The van der Waals surface area contributed by atoms with E-state index in [0.29, 0.717) is 6.54 Å². The summed E-state index contributed by atoms with van der Waals surface area (Å²) in [6.07, 6.45) is 0.769. The Labute approximate surface area is 94.4 Å². The van der Waals surface area contributed by atoms with Crippen molar-refractivity contribution in [2.24, 2.45) is 0 Å². The summed E-state index contributed by atoms with van der Waals surface area (Å²) < 4.78 is 0. The molecule has 0 radical (unpaired) electrons. The molecule has 1 atom stereocenters. The van der Waals surface area contributed by atoms with Crippen molar-refractivity contribution < 1.29 is 9.90 Å². The van der Waals surface area contributed by atoms with Crippen molar-refractivity contribution in [3.05, 3.63) is 48.0 Å². The van der Waals surface area contributed by atoms with Gasteiger partial charge in [-0.15, -0.1) is 19.0 Å². The van der Waals surface area contributed by atoms with Gasteiger partial charge in [0, 0.05) is 0 Å². The molecule has 0 aromatic heterocycles. The summed E-state index contributed by atoms with van der Waals surface area (Å²) in [5.74, 6) is 0. The molecular formula is C11H12ClNO2. The second-order valence-corrected chi connectivity index (χ2v) is 3.29. The Balaban J connectivity index is 0.00000112. The van der Waals surface area contributed by atoms with E-state index in [9.17, 15) is 4.79 Å². The highest BCUT2D eigenvalue weighted by Gasteiger charge is 2.30. The third kappa shape index (κ3) is 1.83. The fraction of sp³-hybridized carbons (Fsp3) is 0.182. The molecule has 2 rings (SSSR count). The number of hydrogen-bond acceptors (Lipinski definition) is 1. The first-order valence-corrected chi connectivity index (χ1v) is 4.44. The van der Waals surface area contributed by atoms with Gasteiger partial charge in [0.05, 0.1) is 12.6 Å². The zero-order valence-corrected chi connectivity index (χ0v) is 8.91. The van der Waals surface area contributed by atoms with E-state index in [1.54, 1.807) is 6.08 Å². The Morgan fingerprint density at radius 1 is 1.53 bits per heavy atom. The molecular weight excluding hydrogens is 214 g/mol. The number of halogens is 1. The summed E-state index contributed by atoms with van der Waals surface area (Å²) >= 11 is 0. The van der Waals surface area contributed by atoms with Crippen molar-refractivity contribution in [2.75, 3.05) is 0 Å². The Bertz CT molecular complexity index is 392. The molecule has 1 unspecified atom stereocenters. The first-order valence-electron chi connectivity index (χ1n) is 4.44. The quantitative estimate of drug-likeness (QED) is 0.747. The molecule has 1 N–H and O–H groups in total. The Kier molecular flexibility index (Phi) is 3.37. The highest BCUT2D eigenvalue weighted by molar-refractivity contribution is 5.85. The molecule has 15 heavy (non-hydrogen) atoms. The predicted octanol–water partition coefficient (Wildman–Crippen LogP) is 2.83. The lowest BCUT2D eigenvalue weighted by molar-refractivity contribution is 0.137. The van der Waals surface area contributed by atoms with Crippen LogP contribution < -0.4 is 0 Å². The van der Waals surface area contributed by atoms with Crippen LogP contribution in [0.3, 0.4) is 0 Å². The van der Waals surface area contributed by atoms with Gasteiger partial charge in [0.25, 0.3) is 0 Å². The van der Waals surface area contributed by atoms with Crippen LogP contribution in [0.4, 0.5) is 4.79 Å². The predicted molar refractivity (Wildman–Crippen MR) is 60.2 cm³/mol. The topological polar surface area (TPSA) is 40.5 Å². The minimum atomic E-state index is -0.897. The summed E-state index contributed by atoms with van der Waals surface area (Å²) in [5.41, 5.74) is 2.12. The fourth-order valence-corrected chi connectivity index (χ4v) is 1.86. The van der Waals surface area contributed by atoms with E-state index in [2.05, 4.69) is 6.58 Å². The lowest BCUT2D eigenvalue weighted by atomic mass is 10.1. The number of nitrogens with zero attached hydrogens (tertiary/aromatic N) is 1. The van der Waals surface area contributed by atoms with Crippen molar-refractivity contribution in [1.82, 2.24) is 4.90 Å². The zero-order valence-electron chi connectivity index (χ0n) is 8.09. The van der Waals surface area contributed by atoms with Crippen LogP contribution >= 0.6 is 12.4 Å². The van der Waals surface area contributed by atoms with Gasteiger partial charge in [-0.3, -0.25) is 4.90 Å². The average Bonchev–Trinajstić information content (AvgIpc) is 2.56. The molecule has 1 aliphatic rings. The van der Waals surface area contributed by atoms with Crippen LogP contribution in [0, 0.1) is 0 Å². The van der Waals surface area contributed by atoms with Crippen LogP contribution in [-0.2, 0) is 6.54 Å². The maximum absolute atomic E-state index is 10.9. The van der Waals surface area contributed by atoms with E-state index in [4.69, 9.17) is 5.11 Å². The van der Waals surface area contributed by atoms with E-state index < -0.39 is 6.09 Å². The van der Waals surface area contributed by atoms with Gasteiger partial charge < -0.3 is 5.11 Å². The van der Waals surface area contributed by atoms with Crippen molar-refractivity contribution >= 4 is 18.5 Å². The van der Waals surface area contributed by atoms with Gasteiger partial charge in [0.2, 0.25) is 0 Å². The number of rotatable bonds is 1. The molecule has 4 heteroatoms.